The summed E-state index contributed by atoms with van der Waals surface area (Å²) in [4.78, 5) is 0. The molecule has 1 aromatic rings. The number of hydrogen-bond donors (Lipinski definition) is 2. The highest BCUT2D eigenvalue weighted by molar-refractivity contribution is 9.11. The molecule has 0 bridgehead atoms. The molecule has 0 radical (unpaired) electrons. The molecule has 0 aliphatic rings. The fourth-order valence-corrected chi connectivity index (χ4v) is 2.78. The molecule has 0 aliphatic carbocycles. The SMILES string of the molecule is CC(C)(O)CCOc1c(Br)cc(CN)cc1Br. The number of rotatable bonds is 5. The highest BCUT2D eigenvalue weighted by atomic mass is 79.9. The Labute approximate surface area is 119 Å². The van der Waals surface area contributed by atoms with Gasteiger partial charge in [0.1, 0.15) is 5.75 Å². The van der Waals surface area contributed by atoms with E-state index in [9.17, 15) is 5.11 Å². The molecule has 0 saturated carbocycles. The Bertz CT molecular complexity index is 366. The first-order valence-electron chi connectivity index (χ1n) is 5.36. The predicted molar refractivity (Wildman–Crippen MR) is 76.1 cm³/mol. The summed E-state index contributed by atoms with van der Waals surface area (Å²) in [6.45, 7) is 4.47. The second-order valence-electron chi connectivity index (χ2n) is 4.50. The first kappa shape index (κ1) is 15.0. The lowest BCUT2D eigenvalue weighted by Crippen LogP contribution is -2.21. The van der Waals surface area contributed by atoms with Gasteiger partial charge in [0.05, 0.1) is 21.2 Å². The summed E-state index contributed by atoms with van der Waals surface area (Å²) in [7, 11) is 0. The van der Waals surface area contributed by atoms with Crippen LogP contribution in [-0.4, -0.2) is 17.3 Å². The smallest absolute Gasteiger partial charge is 0.147 e. The average Bonchev–Trinajstić information content (AvgIpc) is 2.20. The number of aliphatic hydroxyl groups is 1. The van der Waals surface area contributed by atoms with Crippen LogP contribution in [0.25, 0.3) is 0 Å². The van der Waals surface area contributed by atoms with Crippen molar-refractivity contribution in [2.45, 2.75) is 32.4 Å². The van der Waals surface area contributed by atoms with Crippen molar-refractivity contribution in [1.29, 1.82) is 0 Å². The zero-order valence-corrected chi connectivity index (χ0v) is 13.1. The van der Waals surface area contributed by atoms with Gasteiger partial charge in [-0.2, -0.15) is 0 Å². The van der Waals surface area contributed by atoms with Crippen molar-refractivity contribution < 1.29 is 9.84 Å². The molecule has 0 atom stereocenters. The molecular formula is C12H17Br2NO2. The van der Waals surface area contributed by atoms with Crippen molar-refractivity contribution in [2.24, 2.45) is 5.73 Å². The topological polar surface area (TPSA) is 55.5 Å². The molecule has 0 aromatic heterocycles. The fourth-order valence-electron chi connectivity index (χ4n) is 1.27. The Hall–Kier alpha value is -0.100. The number of hydrogen-bond acceptors (Lipinski definition) is 3. The lowest BCUT2D eigenvalue weighted by atomic mass is 10.1. The maximum Gasteiger partial charge on any atom is 0.147 e. The van der Waals surface area contributed by atoms with Gasteiger partial charge in [-0.25, -0.2) is 0 Å². The quantitative estimate of drug-likeness (QED) is 0.841. The molecule has 3 N–H and O–H groups in total. The van der Waals surface area contributed by atoms with Gasteiger partial charge in [0.15, 0.2) is 0 Å². The van der Waals surface area contributed by atoms with Crippen LogP contribution in [0.4, 0.5) is 0 Å². The second kappa shape index (κ2) is 6.18. The first-order valence-corrected chi connectivity index (χ1v) is 6.95. The molecule has 0 amide bonds. The van der Waals surface area contributed by atoms with Crippen molar-refractivity contribution >= 4 is 31.9 Å². The van der Waals surface area contributed by atoms with Crippen LogP contribution in [0.5, 0.6) is 5.75 Å². The Balaban J connectivity index is 2.72. The minimum absolute atomic E-state index is 0.461. The van der Waals surface area contributed by atoms with Crippen molar-refractivity contribution in [3.8, 4) is 5.75 Å². The molecule has 96 valence electrons. The lowest BCUT2D eigenvalue weighted by molar-refractivity contribution is 0.0551. The number of halogens is 2. The van der Waals surface area contributed by atoms with Gasteiger partial charge in [0.25, 0.3) is 0 Å². The number of ether oxygens (including phenoxy) is 1. The van der Waals surface area contributed by atoms with E-state index in [1.165, 1.54) is 0 Å². The molecular weight excluding hydrogens is 350 g/mol. The summed E-state index contributed by atoms with van der Waals surface area (Å²) < 4.78 is 7.38. The van der Waals surface area contributed by atoms with E-state index in [1.807, 2.05) is 12.1 Å². The summed E-state index contributed by atoms with van der Waals surface area (Å²) in [6, 6.07) is 3.87. The van der Waals surface area contributed by atoms with Crippen LogP contribution in [0.3, 0.4) is 0 Å². The Morgan fingerprint density at radius 1 is 1.29 bits per heavy atom. The van der Waals surface area contributed by atoms with Crippen LogP contribution in [0.15, 0.2) is 21.1 Å². The van der Waals surface area contributed by atoms with Crippen molar-refractivity contribution in [1.82, 2.24) is 0 Å². The Morgan fingerprint density at radius 2 is 1.82 bits per heavy atom. The minimum Gasteiger partial charge on any atom is -0.491 e. The normalized spacial score (nSPS) is 11.6. The van der Waals surface area contributed by atoms with E-state index in [2.05, 4.69) is 31.9 Å². The van der Waals surface area contributed by atoms with Gasteiger partial charge in [0, 0.05) is 13.0 Å². The summed E-state index contributed by atoms with van der Waals surface area (Å²) in [5, 5.41) is 9.60. The van der Waals surface area contributed by atoms with Crippen molar-refractivity contribution in [3.05, 3.63) is 26.6 Å². The molecule has 0 unspecified atom stereocenters. The van der Waals surface area contributed by atoms with E-state index >= 15 is 0 Å². The molecule has 1 aromatic carbocycles. The van der Waals surface area contributed by atoms with E-state index in [-0.39, 0.29) is 0 Å². The third-order valence-corrected chi connectivity index (χ3v) is 3.43. The van der Waals surface area contributed by atoms with Gasteiger partial charge < -0.3 is 15.6 Å². The fraction of sp³-hybridized carbons (Fsp3) is 0.500. The summed E-state index contributed by atoms with van der Waals surface area (Å²) >= 11 is 6.89. The van der Waals surface area contributed by atoms with Gasteiger partial charge in [-0.3, -0.25) is 0 Å². The highest BCUT2D eigenvalue weighted by Gasteiger charge is 2.14. The maximum atomic E-state index is 9.60. The summed E-state index contributed by atoms with van der Waals surface area (Å²) in [6.07, 6.45) is 0.574. The minimum atomic E-state index is -0.712. The van der Waals surface area contributed by atoms with Crippen molar-refractivity contribution in [2.75, 3.05) is 6.61 Å². The first-order chi connectivity index (χ1) is 7.83. The zero-order chi connectivity index (χ0) is 13.1. The van der Waals surface area contributed by atoms with Crippen LogP contribution in [-0.2, 0) is 6.54 Å². The average molecular weight is 367 g/mol. The Kier molecular flexibility index (Phi) is 5.44. The van der Waals surface area contributed by atoms with E-state index in [1.54, 1.807) is 13.8 Å². The number of nitrogens with two attached hydrogens (primary N) is 1. The molecule has 0 aliphatic heterocycles. The monoisotopic (exact) mass is 365 g/mol. The van der Waals surface area contributed by atoms with Gasteiger partial charge in [0.2, 0.25) is 0 Å². The molecule has 0 spiro atoms. The molecule has 0 heterocycles. The number of benzene rings is 1. The van der Waals surface area contributed by atoms with E-state index in [0.29, 0.717) is 19.6 Å². The largest absolute Gasteiger partial charge is 0.491 e. The molecule has 5 heteroatoms. The molecule has 0 fully saturated rings. The van der Waals surface area contributed by atoms with E-state index in [4.69, 9.17) is 10.5 Å². The van der Waals surface area contributed by atoms with Crippen LogP contribution < -0.4 is 10.5 Å². The van der Waals surface area contributed by atoms with Gasteiger partial charge in [-0.15, -0.1) is 0 Å². The predicted octanol–water partition coefficient (Wildman–Crippen LogP) is 3.21. The summed E-state index contributed by atoms with van der Waals surface area (Å²) in [5.74, 6) is 0.742. The molecule has 3 nitrogen and oxygen atoms in total. The molecule has 1 rings (SSSR count). The van der Waals surface area contributed by atoms with Crippen LogP contribution in [0.1, 0.15) is 25.8 Å². The highest BCUT2D eigenvalue weighted by Crippen LogP contribution is 2.35. The van der Waals surface area contributed by atoms with Gasteiger partial charge >= 0.3 is 0 Å². The third kappa shape index (κ3) is 4.95. The third-order valence-electron chi connectivity index (χ3n) is 2.25. The van der Waals surface area contributed by atoms with E-state index in [0.717, 1.165) is 20.3 Å². The lowest BCUT2D eigenvalue weighted by Gasteiger charge is -2.18. The van der Waals surface area contributed by atoms with Gasteiger partial charge in [-0.1, -0.05) is 0 Å². The second-order valence-corrected chi connectivity index (χ2v) is 6.21. The van der Waals surface area contributed by atoms with Crippen LogP contribution in [0.2, 0.25) is 0 Å². The van der Waals surface area contributed by atoms with Crippen molar-refractivity contribution in [3.63, 3.8) is 0 Å². The maximum absolute atomic E-state index is 9.60. The molecule has 17 heavy (non-hydrogen) atoms. The molecule has 0 saturated heterocycles. The van der Waals surface area contributed by atoms with E-state index < -0.39 is 5.60 Å². The standard InChI is InChI=1S/C12H17Br2NO2/c1-12(2,16)3-4-17-11-9(13)5-8(7-15)6-10(11)14/h5-6,16H,3-4,7,15H2,1-2H3. The van der Waals surface area contributed by atoms with Gasteiger partial charge in [-0.05, 0) is 63.4 Å². The summed E-state index contributed by atoms with van der Waals surface area (Å²) in [5.41, 5.74) is 5.89. The zero-order valence-electron chi connectivity index (χ0n) is 9.96. The van der Waals surface area contributed by atoms with Crippen LogP contribution >= 0.6 is 31.9 Å². The van der Waals surface area contributed by atoms with Crippen LogP contribution in [0, 0.1) is 0 Å². The Morgan fingerprint density at radius 3 is 2.24 bits per heavy atom.